The van der Waals surface area contributed by atoms with E-state index in [2.05, 4.69) is 12.2 Å². The van der Waals surface area contributed by atoms with Crippen molar-refractivity contribution in [3.05, 3.63) is 48.0 Å². The fourth-order valence-corrected chi connectivity index (χ4v) is 5.43. The second kappa shape index (κ2) is 6.12. The lowest BCUT2D eigenvalue weighted by Crippen LogP contribution is -2.40. The van der Waals surface area contributed by atoms with Crippen LogP contribution in [0, 0.1) is 35.5 Å². The highest BCUT2D eigenvalue weighted by Gasteiger charge is 2.67. The molecule has 2 amide bonds. The van der Waals surface area contributed by atoms with E-state index in [9.17, 15) is 19.2 Å². The predicted octanol–water partition coefficient (Wildman–Crippen LogP) is 1.85. The second-order valence-electron chi connectivity index (χ2n) is 8.28. The number of ketones is 1. The van der Waals surface area contributed by atoms with Gasteiger partial charge in [0.2, 0.25) is 17.6 Å². The van der Waals surface area contributed by atoms with Gasteiger partial charge in [-0.15, -0.1) is 0 Å². The van der Waals surface area contributed by atoms with E-state index in [-0.39, 0.29) is 41.3 Å². The molecule has 0 unspecified atom stereocenters. The third-order valence-corrected chi connectivity index (χ3v) is 6.78. The Bertz CT molecular complexity index is 871. The largest absolute Gasteiger partial charge is 0.453 e. The quantitative estimate of drug-likeness (QED) is 0.338. The molecule has 2 bridgehead atoms. The molecule has 0 radical (unpaired) electrons. The van der Waals surface area contributed by atoms with Gasteiger partial charge in [-0.3, -0.25) is 24.1 Å². The van der Waals surface area contributed by atoms with Crippen LogP contribution in [0.25, 0.3) is 0 Å². The van der Waals surface area contributed by atoms with Gasteiger partial charge in [-0.1, -0.05) is 42.5 Å². The maximum absolute atomic E-state index is 12.9. The first-order chi connectivity index (χ1) is 13.5. The highest BCUT2D eigenvalue weighted by atomic mass is 16.5. The Hall–Kier alpha value is -2.76. The molecule has 0 N–H and O–H groups in total. The Morgan fingerprint density at radius 2 is 1.61 bits per heavy atom. The van der Waals surface area contributed by atoms with Crippen molar-refractivity contribution >= 4 is 23.6 Å². The van der Waals surface area contributed by atoms with Crippen molar-refractivity contribution in [3.63, 3.8) is 0 Å². The Labute approximate surface area is 162 Å². The highest BCUT2D eigenvalue weighted by Crippen LogP contribution is 2.65. The van der Waals surface area contributed by atoms with Crippen LogP contribution in [0.4, 0.5) is 0 Å². The zero-order chi connectivity index (χ0) is 19.6. The molecule has 28 heavy (non-hydrogen) atoms. The number of imide groups is 1. The van der Waals surface area contributed by atoms with E-state index >= 15 is 0 Å². The van der Waals surface area contributed by atoms with Crippen LogP contribution < -0.4 is 0 Å². The first-order valence-corrected chi connectivity index (χ1v) is 9.79. The summed E-state index contributed by atoms with van der Waals surface area (Å²) in [5, 5.41) is 0. The van der Waals surface area contributed by atoms with Crippen LogP contribution in [0.5, 0.6) is 0 Å². The summed E-state index contributed by atoms with van der Waals surface area (Å²) in [5.41, 5.74) is 0.448. The molecule has 6 heteroatoms. The number of amides is 2. The van der Waals surface area contributed by atoms with Crippen LogP contribution in [-0.4, -0.2) is 41.1 Å². The number of carbonyl (C=O) groups excluding carboxylic acids is 4. The summed E-state index contributed by atoms with van der Waals surface area (Å²) < 4.78 is 5.23. The molecule has 5 aliphatic rings. The molecule has 3 fully saturated rings. The number of benzene rings is 1. The topological polar surface area (TPSA) is 80.8 Å². The number of hydrogen-bond donors (Lipinski definition) is 0. The predicted molar refractivity (Wildman–Crippen MR) is 97.7 cm³/mol. The molecule has 2 saturated carbocycles. The van der Waals surface area contributed by atoms with E-state index in [4.69, 9.17) is 4.74 Å². The van der Waals surface area contributed by atoms with Gasteiger partial charge in [0.05, 0.1) is 11.8 Å². The van der Waals surface area contributed by atoms with Crippen LogP contribution in [-0.2, 0) is 19.1 Å². The van der Waals surface area contributed by atoms with Crippen LogP contribution in [0.1, 0.15) is 23.7 Å². The van der Waals surface area contributed by atoms with Gasteiger partial charge in [0.1, 0.15) is 6.54 Å². The standard InChI is InChI=1S/C22H21NO5/c1-11(20(25)12-5-3-2-4-6-12)28-17(24)10-23-21(26)18-13-7-8-14(16-9-15(13)16)19(18)22(23)27/h2-8,11,13-16,18-19H,9-10H2,1H3/t11-,13+,14+,15-,16+,18+,19-/m0/s1. The molecule has 144 valence electrons. The van der Waals surface area contributed by atoms with Gasteiger partial charge < -0.3 is 4.74 Å². The van der Waals surface area contributed by atoms with Crippen molar-refractivity contribution in [1.29, 1.82) is 0 Å². The normalized spacial score (nSPS) is 35.4. The lowest BCUT2D eigenvalue weighted by Gasteiger charge is -2.37. The van der Waals surface area contributed by atoms with E-state index < -0.39 is 18.6 Å². The van der Waals surface area contributed by atoms with Crippen molar-refractivity contribution in [2.75, 3.05) is 6.54 Å². The van der Waals surface area contributed by atoms with Gasteiger partial charge >= 0.3 is 5.97 Å². The number of hydrogen-bond acceptors (Lipinski definition) is 5. The minimum atomic E-state index is -0.976. The average molecular weight is 379 g/mol. The monoisotopic (exact) mass is 379 g/mol. The number of allylic oxidation sites excluding steroid dienone is 2. The fraction of sp³-hybridized carbons (Fsp3) is 0.455. The molecule has 1 aromatic rings. The van der Waals surface area contributed by atoms with E-state index in [0.717, 1.165) is 11.3 Å². The smallest absolute Gasteiger partial charge is 0.326 e. The third kappa shape index (κ3) is 2.47. The highest BCUT2D eigenvalue weighted by molar-refractivity contribution is 6.08. The number of likely N-dealkylation sites (tertiary alicyclic amines) is 1. The van der Waals surface area contributed by atoms with Crippen molar-refractivity contribution in [2.45, 2.75) is 19.4 Å². The summed E-state index contributed by atoms with van der Waals surface area (Å²) >= 11 is 0. The lowest BCUT2D eigenvalue weighted by molar-refractivity contribution is -0.154. The molecule has 1 saturated heterocycles. The summed E-state index contributed by atoms with van der Waals surface area (Å²) in [4.78, 5) is 51.5. The number of Topliss-reactive ketones (excluding diaryl/α,β-unsaturated/α-hetero) is 1. The van der Waals surface area contributed by atoms with E-state index in [0.29, 0.717) is 17.4 Å². The number of nitrogens with zero attached hydrogens (tertiary/aromatic N) is 1. The molecule has 4 aliphatic carbocycles. The summed E-state index contributed by atoms with van der Waals surface area (Å²) in [6.45, 7) is 1.07. The van der Waals surface area contributed by atoms with Gasteiger partial charge in [-0.2, -0.15) is 0 Å². The summed E-state index contributed by atoms with van der Waals surface area (Å²) in [7, 11) is 0. The van der Waals surface area contributed by atoms with Gasteiger partial charge in [-0.05, 0) is 37.0 Å². The third-order valence-electron chi connectivity index (χ3n) is 6.78. The Morgan fingerprint density at radius 3 is 2.18 bits per heavy atom. The number of esters is 1. The van der Waals surface area contributed by atoms with Crippen LogP contribution in [0.2, 0.25) is 0 Å². The Morgan fingerprint density at radius 1 is 1.04 bits per heavy atom. The zero-order valence-electron chi connectivity index (χ0n) is 15.5. The van der Waals surface area contributed by atoms with Crippen LogP contribution in [0.15, 0.2) is 42.5 Å². The van der Waals surface area contributed by atoms with Crippen LogP contribution >= 0.6 is 0 Å². The van der Waals surface area contributed by atoms with Gasteiger partial charge in [0.15, 0.2) is 6.10 Å². The summed E-state index contributed by atoms with van der Waals surface area (Å²) in [6, 6.07) is 8.57. The molecule has 7 atom stereocenters. The number of ether oxygens (including phenoxy) is 1. The van der Waals surface area contributed by atoms with E-state index in [1.807, 2.05) is 0 Å². The van der Waals surface area contributed by atoms with E-state index in [1.54, 1.807) is 30.3 Å². The average Bonchev–Trinajstić information content (AvgIpc) is 3.49. The molecule has 0 spiro atoms. The molecule has 6 nitrogen and oxygen atoms in total. The number of rotatable bonds is 5. The SMILES string of the molecule is C[C@H](OC(=O)CN1C(=O)[C@@H]2[C@@H]3C=C[C@H]([C@H]4C[C@@H]34)[C@@H]2C1=O)C(=O)c1ccccc1. The van der Waals surface area contributed by atoms with Crippen molar-refractivity contribution in [1.82, 2.24) is 4.90 Å². The van der Waals surface area contributed by atoms with Gasteiger partial charge in [0, 0.05) is 5.56 Å². The second-order valence-corrected chi connectivity index (χ2v) is 8.28. The maximum Gasteiger partial charge on any atom is 0.326 e. The fourth-order valence-electron chi connectivity index (χ4n) is 5.43. The Kier molecular flexibility index (Phi) is 3.79. The molecule has 1 aliphatic heterocycles. The molecular weight excluding hydrogens is 358 g/mol. The van der Waals surface area contributed by atoms with Gasteiger partial charge in [0.25, 0.3) is 0 Å². The van der Waals surface area contributed by atoms with Gasteiger partial charge in [-0.25, -0.2) is 0 Å². The molecular formula is C22H21NO5. The van der Waals surface area contributed by atoms with Crippen molar-refractivity contribution in [2.24, 2.45) is 35.5 Å². The molecule has 1 heterocycles. The Balaban J connectivity index is 1.26. The minimum absolute atomic E-state index is 0.121. The van der Waals surface area contributed by atoms with Crippen LogP contribution in [0.3, 0.4) is 0 Å². The summed E-state index contributed by atoms with van der Waals surface area (Å²) in [6.07, 6.45) is 4.30. The molecule has 1 aromatic carbocycles. The number of carbonyl (C=O) groups is 4. The molecule has 0 aromatic heterocycles. The van der Waals surface area contributed by atoms with Crippen molar-refractivity contribution < 1.29 is 23.9 Å². The first kappa shape index (κ1) is 17.3. The molecule has 6 rings (SSSR count). The maximum atomic E-state index is 12.9. The van der Waals surface area contributed by atoms with E-state index in [1.165, 1.54) is 6.92 Å². The van der Waals surface area contributed by atoms with Crippen molar-refractivity contribution in [3.8, 4) is 0 Å². The first-order valence-electron chi connectivity index (χ1n) is 9.79. The minimum Gasteiger partial charge on any atom is -0.453 e. The summed E-state index contributed by atoms with van der Waals surface area (Å²) in [5.74, 6) is -0.965. The zero-order valence-corrected chi connectivity index (χ0v) is 15.5. The lowest BCUT2D eigenvalue weighted by atomic mass is 9.63.